The summed E-state index contributed by atoms with van der Waals surface area (Å²) in [6.45, 7) is 3.99. The number of nitrogens with one attached hydrogen (secondary N) is 2. The van der Waals surface area contributed by atoms with Crippen LogP contribution in [-0.2, 0) is 11.3 Å². The minimum Gasteiger partial charge on any atom is -0.374 e. The van der Waals surface area contributed by atoms with Gasteiger partial charge in [0.1, 0.15) is 5.82 Å². The van der Waals surface area contributed by atoms with E-state index in [9.17, 15) is 4.39 Å². The second kappa shape index (κ2) is 7.95. The number of morpholine rings is 1. The van der Waals surface area contributed by atoms with Gasteiger partial charge in [-0.15, -0.1) is 0 Å². The van der Waals surface area contributed by atoms with Gasteiger partial charge in [-0.25, -0.2) is 4.39 Å². The van der Waals surface area contributed by atoms with Gasteiger partial charge in [0.05, 0.1) is 12.7 Å². The van der Waals surface area contributed by atoms with Gasteiger partial charge in [0.2, 0.25) is 0 Å². The monoisotopic (exact) mass is 294 g/mol. The summed E-state index contributed by atoms with van der Waals surface area (Å²) in [5.41, 5.74) is 1.01. The molecule has 6 heteroatoms. The Kier molecular flexibility index (Phi) is 5.95. The highest BCUT2D eigenvalue weighted by Gasteiger charge is 2.17. The first-order valence-electron chi connectivity index (χ1n) is 7.16. The molecule has 1 aromatic rings. The number of rotatable bonds is 4. The third-order valence-corrected chi connectivity index (χ3v) is 3.44. The maximum Gasteiger partial charge on any atom is 0.191 e. The maximum atomic E-state index is 12.8. The molecule has 116 valence electrons. The highest BCUT2D eigenvalue weighted by Crippen LogP contribution is 2.03. The first-order valence-corrected chi connectivity index (χ1v) is 7.16. The van der Waals surface area contributed by atoms with Crippen LogP contribution in [0.15, 0.2) is 29.3 Å². The molecule has 21 heavy (non-hydrogen) atoms. The first-order chi connectivity index (χ1) is 10.2. The molecule has 0 aliphatic carbocycles. The lowest BCUT2D eigenvalue weighted by Crippen LogP contribution is -2.48. The summed E-state index contributed by atoms with van der Waals surface area (Å²) < 4.78 is 18.5. The van der Waals surface area contributed by atoms with E-state index in [1.807, 2.05) is 0 Å². The van der Waals surface area contributed by atoms with Crippen LogP contribution in [0.4, 0.5) is 4.39 Å². The van der Waals surface area contributed by atoms with Crippen LogP contribution >= 0.6 is 0 Å². The van der Waals surface area contributed by atoms with Crippen LogP contribution in [0.1, 0.15) is 5.56 Å². The van der Waals surface area contributed by atoms with Crippen molar-refractivity contribution in [1.82, 2.24) is 15.5 Å². The topological polar surface area (TPSA) is 48.9 Å². The lowest BCUT2D eigenvalue weighted by molar-refractivity contribution is -0.0161. The predicted octanol–water partition coefficient (Wildman–Crippen LogP) is 0.821. The van der Waals surface area contributed by atoms with E-state index in [-0.39, 0.29) is 11.9 Å². The SMILES string of the molecule is CN=C(NCc1ccc(F)cc1)NCC1CN(C)CCO1. The second-order valence-corrected chi connectivity index (χ2v) is 5.19. The molecule has 1 fully saturated rings. The zero-order chi connectivity index (χ0) is 15.1. The van der Waals surface area contributed by atoms with Crippen LogP contribution in [0.2, 0.25) is 0 Å². The minimum atomic E-state index is -0.222. The van der Waals surface area contributed by atoms with Crippen molar-refractivity contribution in [1.29, 1.82) is 0 Å². The fourth-order valence-electron chi connectivity index (χ4n) is 2.21. The molecular formula is C15H23FN4O. The van der Waals surface area contributed by atoms with Crippen molar-refractivity contribution in [2.45, 2.75) is 12.6 Å². The number of hydrogen-bond acceptors (Lipinski definition) is 3. The Morgan fingerprint density at radius 3 is 2.81 bits per heavy atom. The summed E-state index contributed by atoms with van der Waals surface area (Å²) in [4.78, 5) is 6.43. The quantitative estimate of drug-likeness (QED) is 0.638. The van der Waals surface area contributed by atoms with E-state index in [0.29, 0.717) is 13.1 Å². The van der Waals surface area contributed by atoms with Crippen LogP contribution < -0.4 is 10.6 Å². The Morgan fingerprint density at radius 2 is 2.14 bits per heavy atom. The van der Waals surface area contributed by atoms with Crippen LogP contribution in [-0.4, -0.2) is 57.3 Å². The average molecular weight is 294 g/mol. The van der Waals surface area contributed by atoms with Crippen molar-refractivity contribution in [2.24, 2.45) is 4.99 Å². The van der Waals surface area contributed by atoms with Crippen molar-refractivity contribution in [3.63, 3.8) is 0 Å². The molecule has 1 aromatic carbocycles. The van der Waals surface area contributed by atoms with Gasteiger partial charge in [0.15, 0.2) is 5.96 Å². The van der Waals surface area contributed by atoms with E-state index in [4.69, 9.17) is 4.74 Å². The number of nitrogens with zero attached hydrogens (tertiary/aromatic N) is 2. The fourth-order valence-corrected chi connectivity index (χ4v) is 2.21. The zero-order valence-corrected chi connectivity index (χ0v) is 12.6. The summed E-state index contributed by atoms with van der Waals surface area (Å²) in [7, 11) is 3.82. The normalized spacial score (nSPS) is 20.3. The molecule has 0 radical (unpaired) electrons. The minimum absolute atomic E-state index is 0.174. The Labute approximate surface area is 125 Å². The van der Waals surface area contributed by atoms with Crippen molar-refractivity contribution < 1.29 is 9.13 Å². The van der Waals surface area contributed by atoms with Gasteiger partial charge >= 0.3 is 0 Å². The van der Waals surface area contributed by atoms with Crippen molar-refractivity contribution in [2.75, 3.05) is 40.3 Å². The number of guanidine groups is 1. The molecule has 0 aromatic heterocycles. The van der Waals surface area contributed by atoms with Crippen LogP contribution in [0.25, 0.3) is 0 Å². The Balaban J connectivity index is 1.74. The summed E-state index contributed by atoms with van der Waals surface area (Å²) in [6.07, 6.45) is 0.174. The van der Waals surface area contributed by atoms with Gasteiger partial charge in [-0.3, -0.25) is 4.99 Å². The number of aliphatic imine (C=N–C) groups is 1. The Hall–Kier alpha value is -1.66. The first kappa shape index (κ1) is 15.7. The molecule has 0 saturated carbocycles. The van der Waals surface area contributed by atoms with E-state index in [2.05, 4.69) is 27.6 Å². The fraction of sp³-hybridized carbons (Fsp3) is 0.533. The molecular weight excluding hydrogens is 271 g/mol. The van der Waals surface area contributed by atoms with Gasteiger partial charge in [0.25, 0.3) is 0 Å². The van der Waals surface area contributed by atoms with Gasteiger partial charge < -0.3 is 20.3 Å². The molecule has 1 unspecified atom stereocenters. The Morgan fingerprint density at radius 1 is 1.38 bits per heavy atom. The Bertz CT molecular complexity index is 463. The number of hydrogen-bond donors (Lipinski definition) is 2. The maximum absolute atomic E-state index is 12.8. The number of likely N-dealkylation sites (N-methyl/N-ethyl adjacent to an activating group) is 1. The van der Waals surface area contributed by atoms with Crippen molar-refractivity contribution in [3.05, 3.63) is 35.6 Å². The lowest BCUT2D eigenvalue weighted by Gasteiger charge is -2.30. The molecule has 2 N–H and O–H groups in total. The molecule has 2 rings (SSSR count). The van der Waals surface area contributed by atoms with Crippen LogP contribution in [0.3, 0.4) is 0 Å². The molecule has 1 aliphatic heterocycles. The van der Waals surface area contributed by atoms with Crippen molar-refractivity contribution >= 4 is 5.96 Å². The van der Waals surface area contributed by atoms with E-state index in [1.54, 1.807) is 19.2 Å². The van der Waals surface area contributed by atoms with Crippen molar-refractivity contribution in [3.8, 4) is 0 Å². The number of halogens is 1. The van der Waals surface area contributed by atoms with E-state index in [1.165, 1.54) is 12.1 Å². The van der Waals surface area contributed by atoms with Gasteiger partial charge in [-0.1, -0.05) is 12.1 Å². The number of ether oxygens (including phenoxy) is 1. The molecule has 5 nitrogen and oxygen atoms in total. The van der Waals surface area contributed by atoms with Gasteiger partial charge in [-0.2, -0.15) is 0 Å². The molecule has 1 atom stereocenters. The van der Waals surface area contributed by atoms with Gasteiger partial charge in [0, 0.05) is 33.2 Å². The molecule has 1 aliphatic rings. The molecule has 0 amide bonds. The summed E-state index contributed by atoms with van der Waals surface area (Å²) in [6, 6.07) is 6.43. The van der Waals surface area contributed by atoms with Crippen LogP contribution in [0, 0.1) is 5.82 Å². The van der Waals surface area contributed by atoms with E-state index >= 15 is 0 Å². The highest BCUT2D eigenvalue weighted by atomic mass is 19.1. The van der Waals surface area contributed by atoms with E-state index in [0.717, 1.165) is 31.2 Å². The summed E-state index contributed by atoms with van der Waals surface area (Å²) in [5, 5.41) is 6.46. The van der Waals surface area contributed by atoms with Gasteiger partial charge in [-0.05, 0) is 24.7 Å². The third-order valence-electron chi connectivity index (χ3n) is 3.44. The molecule has 1 heterocycles. The molecule has 0 bridgehead atoms. The highest BCUT2D eigenvalue weighted by molar-refractivity contribution is 5.79. The second-order valence-electron chi connectivity index (χ2n) is 5.19. The third kappa shape index (κ3) is 5.32. The largest absolute Gasteiger partial charge is 0.374 e. The van der Waals surface area contributed by atoms with Crippen LogP contribution in [0.5, 0.6) is 0 Å². The molecule has 1 saturated heterocycles. The lowest BCUT2D eigenvalue weighted by atomic mass is 10.2. The summed E-state index contributed by atoms with van der Waals surface area (Å²) in [5.74, 6) is 0.496. The zero-order valence-electron chi connectivity index (χ0n) is 12.6. The summed E-state index contributed by atoms with van der Waals surface area (Å²) >= 11 is 0. The average Bonchev–Trinajstić information content (AvgIpc) is 2.49. The van der Waals surface area contributed by atoms with E-state index < -0.39 is 0 Å². The predicted molar refractivity (Wildman–Crippen MR) is 81.8 cm³/mol. The standard InChI is InChI=1S/C15H23FN4O/c1-17-15(18-9-12-3-5-13(16)6-4-12)19-10-14-11-20(2)7-8-21-14/h3-6,14H,7-11H2,1-2H3,(H2,17,18,19). The molecule has 0 spiro atoms. The number of benzene rings is 1. The smallest absolute Gasteiger partial charge is 0.191 e.